The van der Waals surface area contributed by atoms with E-state index in [-0.39, 0.29) is 19.1 Å². The van der Waals surface area contributed by atoms with Gasteiger partial charge in [-0.15, -0.1) is 0 Å². The number of hydrogen-bond donors (Lipinski definition) is 2. The molecule has 7 nitrogen and oxygen atoms in total. The van der Waals surface area contributed by atoms with Crippen LogP contribution in [0.5, 0.6) is 11.5 Å². The third kappa shape index (κ3) is 4.22. The number of pyridine rings is 1. The van der Waals surface area contributed by atoms with Gasteiger partial charge in [0.2, 0.25) is 0 Å². The van der Waals surface area contributed by atoms with E-state index in [2.05, 4.69) is 20.9 Å². The summed E-state index contributed by atoms with van der Waals surface area (Å²) in [7, 11) is 3.70. The fourth-order valence-electron chi connectivity index (χ4n) is 4.32. The number of carbonyl (C=O) groups is 1. The summed E-state index contributed by atoms with van der Waals surface area (Å²) in [5.74, 6) is 0.634. The number of fused-ring (bicyclic) bond motifs is 1. The number of ether oxygens (including phenoxy) is 1. The highest BCUT2D eigenvalue weighted by molar-refractivity contribution is 6.00. The molecule has 1 amide bonds. The number of methoxy groups -OCH3 is 1. The number of piperazine rings is 1. The van der Waals surface area contributed by atoms with Gasteiger partial charge in [0.15, 0.2) is 0 Å². The lowest BCUT2D eigenvalue weighted by Gasteiger charge is -2.32. The van der Waals surface area contributed by atoms with Crippen molar-refractivity contribution in [3.05, 3.63) is 66.5 Å². The van der Waals surface area contributed by atoms with Crippen LogP contribution in [0, 0.1) is 0 Å². The zero-order chi connectivity index (χ0) is 22.9. The Kier molecular flexibility index (Phi) is 6.56. The number of para-hydroxylation sites is 1. The molecule has 34 heavy (non-hydrogen) atoms. The van der Waals surface area contributed by atoms with Gasteiger partial charge in [-0.25, -0.2) is 4.98 Å². The average Bonchev–Trinajstić information content (AvgIpc) is 3.27. The van der Waals surface area contributed by atoms with Crippen molar-refractivity contribution in [3.8, 4) is 33.8 Å². The molecule has 0 radical (unpaired) electrons. The molecule has 4 aromatic rings. The number of amides is 1. The number of aromatic amines is 1. The predicted octanol–water partition coefficient (Wildman–Crippen LogP) is 4.63. The molecule has 0 spiro atoms. The van der Waals surface area contributed by atoms with Gasteiger partial charge in [0, 0.05) is 60.6 Å². The first-order valence-corrected chi connectivity index (χ1v) is 11.0. The predicted molar refractivity (Wildman–Crippen MR) is 135 cm³/mol. The van der Waals surface area contributed by atoms with Crippen LogP contribution >= 0.6 is 0 Å². The summed E-state index contributed by atoms with van der Waals surface area (Å²) in [6.45, 7) is 2.95. The molecular formula is C27H30N4O3. The molecule has 2 aromatic carbocycles. The van der Waals surface area contributed by atoms with Gasteiger partial charge < -0.3 is 24.6 Å². The molecule has 1 aliphatic rings. The van der Waals surface area contributed by atoms with E-state index < -0.39 is 0 Å². The summed E-state index contributed by atoms with van der Waals surface area (Å²) < 4.78 is 5.55. The third-order valence-electron chi connectivity index (χ3n) is 6.28. The normalized spacial score (nSPS) is 14.1. The Hall–Kier alpha value is -3.84. The minimum Gasteiger partial charge on any atom is -0.507 e. The lowest BCUT2D eigenvalue weighted by Crippen LogP contribution is -2.47. The number of nitrogens with zero attached hydrogens (tertiary/aromatic N) is 3. The minimum atomic E-state index is -0.146. The topological polar surface area (TPSA) is 81.7 Å². The molecule has 0 bridgehead atoms. The number of carbonyl (C=O) groups excluding carboxylic acids is 1. The van der Waals surface area contributed by atoms with Crippen LogP contribution in [0.25, 0.3) is 33.3 Å². The molecule has 1 fully saturated rings. The maximum absolute atomic E-state index is 13.1. The first-order valence-electron chi connectivity index (χ1n) is 11.0. The number of benzene rings is 2. The van der Waals surface area contributed by atoms with E-state index in [9.17, 15) is 9.90 Å². The van der Waals surface area contributed by atoms with E-state index in [1.165, 1.54) is 0 Å². The van der Waals surface area contributed by atoms with Crippen LogP contribution in [0.3, 0.4) is 0 Å². The first-order chi connectivity index (χ1) is 16.0. The summed E-state index contributed by atoms with van der Waals surface area (Å²) >= 11 is 0. The summed E-state index contributed by atoms with van der Waals surface area (Å²) in [5.41, 5.74) is 4.74. The summed E-state index contributed by atoms with van der Waals surface area (Å²) in [6, 6.07) is 15.1. The SMILES string of the molecule is C.COc1ccccc1-c1c[nH]c2ncc(-c3ccc(O)c(C(=O)N4CCN(C)CC4)c3)cc12. The maximum Gasteiger partial charge on any atom is 0.257 e. The monoisotopic (exact) mass is 458 g/mol. The van der Waals surface area contributed by atoms with Gasteiger partial charge in [-0.05, 0) is 36.9 Å². The molecule has 2 N–H and O–H groups in total. The van der Waals surface area contributed by atoms with Gasteiger partial charge in [0.25, 0.3) is 5.91 Å². The van der Waals surface area contributed by atoms with Crippen molar-refractivity contribution >= 4 is 16.9 Å². The molecule has 0 saturated carbocycles. The molecule has 0 aliphatic carbocycles. The second-order valence-electron chi connectivity index (χ2n) is 8.35. The molecule has 176 valence electrons. The van der Waals surface area contributed by atoms with Gasteiger partial charge in [0.05, 0.1) is 12.7 Å². The van der Waals surface area contributed by atoms with Gasteiger partial charge >= 0.3 is 0 Å². The lowest BCUT2D eigenvalue weighted by molar-refractivity contribution is 0.0661. The molecule has 0 unspecified atom stereocenters. The number of aromatic hydroxyl groups is 1. The number of phenols is 1. The minimum absolute atomic E-state index is 0. The van der Waals surface area contributed by atoms with Gasteiger partial charge in [0.1, 0.15) is 17.1 Å². The molecule has 3 heterocycles. The van der Waals surface area contributed by atoms with Crippen LogP contribution in [0.2, 0.25) is 0 Å². The number of H-pyrrole nitrogens is 1. The Morgan fingerprint density at radius 2 is 1.79 bits per heavy atom. The van der Waals surface area contributed by atoms with E-state index in [0.29, 0.717) is 18.7 Å². The fraction of sp³-hybridized carbons (Fsp3) is 0.259. The zero-order valence-corrected chi connectivity index (χ0v) is 18.7. The molecule has 1 saturated heterocycles. The van der Waals surface area contributed by atoms with Crippen LogP contribution in [0.1, 0.15) is 17.8 Å². The van der Waals surface area contributed by atoms with E-state index in [4.69, 9.17) is 4.74 Å². The number of rotatable bonds is 4. The Bertz CT molecular complexity index is 1320. The highest BCUT2D eigenvalue weighted by Gasteiger charge is 2.23. The molecule has 2 aromatic heterocycles. The number of likely N-dealkylation sites (N-methyl/N-ethyl adjacent to an activating group) is 1. The largest absolute Gasteiger partial charge is 0.507 e. The van der Waals surface area contributed by atoms with E-state index in [0.717, 1.165) is 52.1 Å². The molecule has 1 aliphatic heterocycles. The Morgan fingerprint density at radius 1 is 1.03 bits per heavy atom. The summed E-state index contributed by atoms with van der Waals surface area (Å²) in [5, 5.41) is 11.4. The van der Waals surface area contributed by atoms with Crippen LogP contribution in [-0.2, 0) is 0 Å². The van der Waals surface area contributed by atoms with Crippen molar-refractivity contribution in [2.75, 3.05) is 40.3 Å². The smallest absolute Gasteiger partial charge is 0.257 e. The second-order valence-corrected chi connectivity index (χ2v) is 8.35. The van der Waals surface area contributed by atoms with Crippen molar-refractivity contribution in [2.45, 2.75) is 7.43 Å². The van der Waals surface area contributed by atoms with E-state index in [1.807, 2.05) is 43.6 Å². The van der Waals surface area contributed by atoms with Crippen molar-refractivity contribution in [1.29, 1.82) is 0 Å². The number of nitrogens with one attached hydrogen (secondary N) is 1. The summed E-state index contributed by atoms with van der Waals surface area (Å²) in [6.07, 6.45) is 3.71. The van der Waals surface area contributed by atoms with Crippen LogP contribution < -0.4 is 4.74 Å². The number of phenolic OH excluding ortho intramolecular Hbond substituents is 1. The highest BCUT2D eigenvalue weighted by atomic mass is 16.5. The van der Waals surface area contributed by atoms with Crippen molar-refractivity contribution in [1.82, 2.24) is 19.8 Å². The molecule has 7 heteroatoms. The van der Waals surface area contributed by atoms with Gasteiger partial charge in [-0.2, -0.15) is 0 Å². The second kappa shape index (κ2) is 9.57. The molecule has 0 atom stereocenters. The maximum atomic E-state index is 13.1. The zero-order valence-electron chi connectivity index (χ0n) is 18.7. The van der Waals surface area contributed by atoms with Crippen LogP contribution in [0.15, 0.2) is 60.9 Å². The summed E-state index contributed by atoms with van der Waals surface area (Å²) in [4.78, 5) is 24.9. The van der Waals surface area contributed by atoms with E-state index >= 15 is 0 Å². The standard InChI is InChI=1S/C26H26N4O3.CH4/c1-29-9-11-30(12-10-29)26(32)21-13-17(7-8-23(21)31)18-14-20-22(16-28-25(20)27-15-18)19-5-3-4-6-24(19)33-2;/h3-8,13-16,31H,9-12H2,1-2H3,(H,27,28);1H4. The van der Waals surface area contributed by atoms with Gasteiger partial charge in [-0.1, -0.05) is 31.7 Å². The van der Waals surface area contributed by atoms with Gasteiger partial charge in [-0.3, -0.25) is 4.79 Å². The average molecular weight is 459 g/mol. The Morgan fingerprint density at radius 3 is 2.56 bits per heavy atom. The van der Waals surface area contributed by atoms with E-state index in [1.54, 1.807) is 30.3 Å². The van der Waals surface area contributed by atoms with Crippen LogP contribution in [0.4, 0.5) is 0 Å². The number of hydrogen-bond acceptors (Lipinski definition) is 5. The fourth-order valence-corrected chi connectivity index (χ4v) is 4.32. The van der Waals surface area contributed by atoms with Crippen molar-refractivity contribution < 1.29 is 14.6 Å². The molecule has 5 rings (SSSR count). The van der Waals surface area contributed by atoms with Crippen molar-refractivity contribution in [3.63, 3.8) is 0 Å². The quantitative estimate of drug-likeness (QED) is 0.466. The lowest BCUT2D eigenvalue weighted by atomic mass is 9.99. The number of aromatic nitrogens is 2. The first kappa shape index (κ1) is 23.3. The Labute approximate surface area is 199 Å². The molecular weight excluding hydrogens is 428 g/mol. The highest BCUT2D eigenvalue weighted by Crippen LogP contribution is 2.36. The Balaban J connectivity index is 0.00000274. The van der Waals surface area contributed by atoms with Crippen LogP contribution in [-0.4, -0.2) is 71.1 Å². The van der Waals surface area contributed by atoms with Crippen molar-refractivity contribution in [2.24, 2.45) is 0 Å². The third-order valence-corrected chi connectivity index (χ3v) is 6.28.